The Labute approximate surface area is 105 Å². The fraction of sp³-hybridized carbons (Fsp3) is 0.500. The fourth-order valence-electron chi connectivity index (χ4n) is 1.85. The van der Waals surface area contributed by atoms with Crippen molar-refractivity contribution in [2.24, 2.45) is 5.92 Å². The summed E-state index contributed by atoms with van der Waals surface area (Å²) in [5, 5.41) is 0. The van der Waals surface area contributed by atoms with Gasteiger partial charge in [0.2, 0.25) is 0 Å². The summed E-state index contributed by atoms with van der Waals surface area (Å²) in [5.41, 5.74) is 2.55. The summed E-state index contributed by atoms with van der Waals surface area (Å²) in [5.74, 6) is 7.56. The largest absolute Gasteiger partial charge is 0.493 e. The third-order valence-corrected chi connectivity index (χ3v) is 2.59. The summed E-state index contributed by atoms with van der Waals surface area (Å²) in [6.45, 7) is 9.07. The Morgan fingerprint density at radius 2 is 2.12 bits per heavy atom. The second-order valence-electron chi connectivity index (χ2n) is 4.46. The lowest BCUT2D eigenvalue weighted by atomic mass is 9.99. The topological polar surface area (TPSA) is 9.23 Å². The maximum Gasteiger partial charge on any atom is 0.122 e. The van der Waals surface area contributed by atoms with E-state index in [2.05, 4.69) is 50.8 Å². The molecule has 0 N–H and O–H groups in total. The van der Waals surface area contributed by atoms with E-state index in [-0.39, 0.29) is 0 Å². The van der Waals surface area contributed by atoms with Crippen LogP contribution in [0.1, 0.15) is 38.3 Å². The molecule has 0 bridgehead atoms. The molecule has 1 unspecified atom stereocenters. The smallest absolute Gasteiger partial charge is 0.122 e. The van der Waals surface area contributed by atoms with Gasteiger partial charge in [-0.05, 0) is 38.3 Å². The molecule has 0 aromatic heterocycles. The molecule has 0 spiro atoms. The molecule has 0 saturated heterocycles. The summed E-state index contributed by atoms with van der Waals surface area (Å²) in [7, 11) is 0. The first kappa shape index (κ1) is 13.6. The summed E-state index contributed by atoms with van der Waals surface area (Å²) in [6, 6.07) is 6.38. The molecule has 0 fully saturated rings. The van der Waals surface area contributed by atoms with Gasteiger partial charge in [0.1, 0.15) is 5.75 Å². The minimum absolute atomic E-state index is 0.380. The summed E-state index contributed by atoms with van der Waals surface area (Å²) >= 11 is 0. The van der Waals surface area contributed by atoms with Gasteiger partial charge in [-0.15, -0.1) is 11.8 Å². The van der Waals surface area contributed by atoms with E-state index in [1.54, 1.807) is 0 Å². The van der Waals surface area contributed by atoms with Crippen LogP contribution in [0.3, 0.4) is 0 Å². The van der Waals surface area contributed by atoms with Gasteiger partial charge in [-0.2, -0.15) is 0 Å². The first-order valence-electron chi connectivity index (χ1n) is 6.32. The van der Waals surface area contributed by atoms with Crippen LogP contribution in [0.5, 0.6) is 5.75 Å². The van der Waals surface area contributed by atoms with Gasteiger partial charge in [0.25, 0.3) is 0 Å². The number of rotatable bonds is 5. The van der Waals surface area contributed by atoms with Crippen molar-refractivity contribution in [2.75, 3.05) is 6.61 Å². The second kappa shape index (κ2) is 7.01. The van der Waals surface area contributed by atoms with Crippen molar-refractivity contribution in [3.63, 3.8) is 0 Å². The molecule has 0 aliphatic carbocycles. The summed E-state index contributed by atoms with van der Waals surface area (Å²) in [4.78, 5) is 0. The summed E-state index contributed by atoms with van der Waals surface area (Å²) in [6.07, 6.45) is 2.00. The van der Waals surface area contributed by atoms with Crippen molar-refractivity contribution in [1.29, 1.82) is 0 Å². The molecule has 1 rings (SSSR count). The molecular formula is C16H22O. The number of hydrogen-bond acceptors (Lipinski definition) is 1. The van der Waals surface area contributed by atoms with E-state index < -0.39 is 0 Å². The highest BCUT2D eigenvalue weighted by molar-refractivity contribution is 5.37. The highest BCUT2D eigenvalue weighted by atomic mass is 16.5. The zero-order valence-corrected chi connectivity index (χ0v) is 11.3. The summed E-state index contributed by atoms with van der Waals surface area (Å²) < 4.78 is 5.77. The first-order valence-corrected chi connectivity index (χ1v) is 6.32. The van der Waals surface area contributed by atoms with Crippen LogP contribution in [0.2, 0.25) is 0 Å². The third-order valence-electron chi connectivity index (χ3n) is 2.59. The molecule has 17 heavy (non-hydrogen) atoms. The standard InChI is InChI=1S/C16H22O/c1-5-7-13(3)11-15-12-14(4)8-9-16(15)17-10-6-2/h8-9,12-13H,6,10-11H2,1-4H3. The Balaban J connectivity index is 2.85. The zero-order valence-electron chi connectivity index (χ0n) is 11.3. The van der Waals surface area contributed by atoms with Crippen LogP contribution in [-0.2, 0) is 6.42 Å². The molecule has 1 aromatic carbocycles. The Kier molecular flexibility index (Phi) is 5.63. The van der Waals surface area contributed by atoms with Crippen LogP contribution < -0.4 is 4.74 Å². The zero-order chi connectivity index (χ0) is 12.7. The normalized spacial score (nSPS) is 11.5. The predicted octanol–water partition coefficient (Wildman–Crippen LogP) is 3.99. The van der Waals surface area contributed by atoms with E-state index in [0.717, 1.165) is 25.2 Å². The van der Waals surface area contributed by atoms with E-state index in [1.165, 1.54) is 11.1 Å². The van der Waals surface area contributed by atoms with Gasteiger partial charge < -0.3 is 4.74 Å². The first-order chi connectivity index (χ1) is 8.17. The number of ether oxygens (including phenoxy) is 1. The van der Waals surface area contributed by atoms with E-state index >= 15 is 0 Å². The Bertz CT molecular complexity index is 409. The molecule has 0 amide bonds. The van der Waals surface area contributed by atoms with Crippen LogP contribution in [0.4, 0.5) is 0 Å². The van der Waals surface area contributed by atoms with E-state index in [9.17, 15) is 0 Å². The minimum atomic E-state index is 0.380. The SMILES string of the molecule is CC#CC(C)Cc1cc(C)ccc1OCCC. The predicted molar refractivity (Wildman–Crippen MR) is 73.3 cm³/mol. The van der Waals surface area contributed by atoms with Crippen LogP contribution in [0, 0.1) is 24.7 Å². The average Bonchev–Trinajstić information content (AvgIpc) is 2.28. The monoisotopic (exact) mass is 230 g/mol. The molecule has 1 aromatic rings. The molecule has 1 nitrogen and oxygen atoms in total. The van der Waals surface area contributed by atoms with Gasteiger partial charge in [-0.25, -0.2) is 0 Å². The van der Waals surface area contributed by atoms with Crippen molar-refractivity contribution in [3.8, 4) is 17.6 Å². The van der Waals surface area contributed by atoms with Crippen molar-refractivity contribution >= 4 is 0 Å². The maximum absolute atomic E-state index is 5.77. The lowest BCUT2D eigenvalue weighted by molar-refractivity contribution is 0.313. The average molecular weight is 230 g/mol. The van der Waals surface area contributed by atoms with E-state index in [1.807, 2.05) is 6.92 Å². The molecule has 1 heteroatoms. The van der Waals surface area contributed by atoms with Crippen LogP contribution in [0.15, 0.2) is 18.2 Å². The molecule has 0 radical (unpaired) electrons. The molecule has 1 atom stereocenters. The molecule has 92 valence electrons. The van der Waals surface area contributed by atoms with Gasteiger partial charge in [0.05, 0.1) is 6.61 Å². The van der Waals surface area contributed by atoms with Gasteiger partial charge in [0.15, 0.2) is 0 Å². The van der Waals surface area contributed by atoms with Crippen molar-refractivity contribution < 1.29 is 4.74 Å². The highest BCUT2D eigenvalue weighted by Crippen LogP contribution is 2.23. The van der Waals surface area contributed by atoms with Gasteiger partial charge >= 0.3 is 0 Å². The molecular weight excluding hydrogens is 208 g/mol. The van der Waals surface area contributed by atoms with Crippen LogP contribution in [0.25, 0.3) is 0 Å². The van der Waals surface area contributed by atoms with Crippen molar-refractivity contribution in [1.82, 2.24) is 0 Å². The number of aryl methyl sites for hydroxylation is 1. The molecule has 0 heterocycles. The van der Waals surface area contributed by atoms with Crippen LogP contribution >= 0.6 is 0 Å². The Morgan fingerprint density at radius 1 is 1.35 bits per heavy atom. The van der Waals surface area contributed by atoms with Gasteiger partial charge in [0, 0.05) is 5.92 Å². The quantitative estimate of drug-likeness (QED) is 0.695. The lowest BCUT2D eigenvalue weighted by Crippen LogP contribution is -2.03. The Morgan fingerprint density at radius 3 is 2.76 bits per heavy atom. The lowest BCUT2D eigenvalue weighted by Gasteiger charge is -2.13. The van der Waals surface area contributed by atoms with Crippen LogP contribution in [-0.4, -0.2) is 6.61 Å². The third kappa shape index (κ3) is 4.53. The fourth-order valence-corrected chi connectivity index (χ4v) is 1.85. The van der Waals surface area contributed by atoms with E-state index in [0.29, 0.717) is 5.92 Å². The molecule has 0 aliphatic rings. The molecule has 0 saturated carbocycles. The van der Waals surface area contributed by atoms with Crippen molar-refractivity contribution in [2.45, 2.75) is 40.5 Å². The minimum Gasteiger partial charge on any atom is -0.493 e. The van der Waals surface area contributed by atoms with Crippen molar-refractivity contribution in [3.05, 3.63) is 29.3 Å². The van der Waals surface area contributed by atoms with Gasteiger partial charge in [-0.1, -0.05) is 31.5 Å². The highest BCUT2D eigenvalue weighted by Gasteiger charge is 2.07. The van der Waals surface area contributed by atoms with Gasteiger partial charge in [-0.3, -0.25) is 0 Å². The Hall–Kier alpha value is -1.42. The number of hydrogen-bond donors (Lipinski definition) is 0. The van der Waals surface area contributed by atoms with E-state index in [4.69, 9.17) is 4.74 Å². The molecule has 0 aliphatic heterocycles. The number of benzene rings is 1. The maximum atomic E-state index is 5.77. The second-order valence-corrected chi connectivity index (χ2v) is 4.46.